The van der Waals surface area contributed by atoms with Crippen molar-refractivity contribution in [2.75, 3.05) is 26.2 Å². The molecule has 0 bridgehead atoms. The molecule has 5 rings (SSSR count). The fourth-order valence-electron chi connectivity index (χ4n) is 6.32. The summed E-state index contributed by atoms with van der Waals surface area (Å²) in [6.45, 7) is 5.98. The Morgan fingerprint density at radius 1 is 1.10 bits per heavy atom. The van der Waals surface area contributed by atoms with Gasteiger partial charge in [-0.3, -0.25) is 9.48 Å². The molecule has 3 atom stereocenters. The van der Waals surface area contributed by atoms with E-state index < -0.39 is 11.6 Å². The molecule has 0 saturated carbocycles. The normalized spacial score (nSPS) is 22.2. The van der Waals surface area contributed by atoms with Crippen LogP contribution in [-0.2, 0) is 7.05 Å². The second-order valence-electron chi connectivity index (χ2n) is 11.2. The number of Topliss-reactive ketones (excluding diaryl/α,β-unsaturated/α-hetero) is 1. The molecule has 0 amide bonds. The van der Waals surface area contributed by atoms with Crippen molar-refractivity contribution < 1.29 is 13.6 Å². The molecule has 1 unspecified atom stereocenters. The van der Waals surface area contributed by atoms with Gasteiger partial charge < -0.3 is 10.2 Å². The number of carbonyl (C=O) groups is 1. The summed E-state index contributed by atoms with van der Waals surface area (Å²) in [5.74, 6) is -1.66. The van der Waals surface area contributed by atoms with Gasteiger partial charge in [0.2, 0.25) is 0 Å². The van der Waals surface area contributed by atoms with Crippen molar-refractivity contribution in [2.45, 2.75) is 57.4 Å². The molecule has 39 heavy (non-hydrogen) atoms. The molecular formula is C31H37ClF2N4O. The number of halogens is 3. The van der Waals surface area contributed by atoms with E-state index in [1.54, 1.807) is 16.9 Å². The molecule has 8 heteroatoms. The number of aryl methyl sites for hydroxylation is 2. The van der Waals surface area contributed by atoms with Gasteiger partial charge in [-0.05, 0) is 99.9 Å². The number of hydrogen-bond donors (Lipinski definition) is 1. The average Bonchev–Trinajstić information content (AvgIpc) is 3.27. The molecule has 3 aromatic rings. The van der Waals surface area contributed by atoms with Gasteiger partial charge in [0.25, 0.3) is 0 Å². The molecule has 2 aliphatic rings. The lowest BCUT2D eigenvalue weighted by Crippen LogP contribution is -2.45. The minimum absolute atomic E-state index is 0.0138. The predicted molar refractivity (Wildman–Crippen MR) is 151 cm³/mol. The molecular weight excluding hydrogens is 518 g/mol. The van der Waals surface area contributed by atoms with Crippen molar-refractivity contribution in [1.29, 1.82) is 0 Å². The van der Waals surface area contributed by atoms with Crippen LogP contribution in [-0.4, -0.2) is 52.7 Å². The summed E-state index contributed by atoms with van der Waals surface area (Å²) in [7, 11) is 1.84. The SMILES string of the molecule is Cc1cc(C(=O)C[C@@H]2CNC(CCN3CCCCC3)C[C@H]2c2ccc(F)c(F)c2)ccc1-c1c(Cl)cnn1C. The molecule has 2 fully saturated rings. The number of benzene rings is 2. The maximum Gasteiger partial charge on any atom is 0.163 e. The molecule has 2 saturated heterocycles. The lowest BCUT2D eigenvalue weighted by atomic mass is 9.75. The van der Waals surface area contributed by atoms with Crippen LogP contribution in [0.3, 0.4) is 0 Å². The number of carbonyl (C=O) groups excluding carboxylic acids is 1. The van der Waals surface area contributed by atoms with Gasteiger partial charge in [-0.25, -0.2) is 8.78 Å². The Morgan fingerprint density at radius 2 is 1.90 bits per heavy atom. The summed E-state index contributed by atoms with van der Waals surface area (Å²) in [5.41, 5.74) is 4.12. The number of nitrogens with zero attached hydrogens (tertiary/aromatic N) is 3. The van der Waals surface area contributed by atoms with Gasteiger partial charge in [0.05, 0.1) is 16.9 Å². The first-order valence-electron chi connectivity index (χ1n) is 14.0. The fraction of sp³-hybridized carbons (Fsp3) is 0.484. The third-order valence-electron chi connectivity index (χ3n) is 8.54. The summed E-state index contributed by atoms with van der Waals surface area (Å²) in [6.07, 6.45) is 7.59. The highest BCUT2D eigenvalue weighted by Crippen LogP contribution is 2.37. The van der Waals surface area contributed by atoms with Crippen LogP contribution in [0.1, 0.15) is 65.9 Å². The fourth-order valence-corrected chi connectivity index (χ4v) is 6.59. The third kappa shape index (κ3) is 6.42. The number of rotatable bonds is 8. The molecule has 3 heterocycles. The standard InChI is InChI=1S/C31H37ClF2N4O/c1-20-14-22(6-8-25(20)31-27(32)19-36-37(31)2)30(39)16-23-18-35-24(10-13-38-11-4-3-5-12-38)17-26(23)21-7-9-28(33)29(34)15-21/h6-9,14-15,19,23-24,26,35H,3-5,10-13,16-18H2,1-2H3/t23-,24?,26+/m1/s1. The minimum atomic E-state index is -0.842. The van der Waals surface area contributed by atoms with Crippen molar-refractivity contribution in [3.05, 3.63) is 75.9 Å². The molecule has 2 aliphatic heterocycles. The molecule has 0 radical (unpaired) electrons. The molecule has 0 aliphatic carbocycles. The van der Waals surface area contributed by atoms with Crippen molar-refractivity contribution in [3.63, 3.8) is 0 Å². The smallest absolute Gasteiger partial charge is 0.163 e. The van der Waals surface area contributed by atoms with Crippen molar-refractivity contribution >= 4 is 17.4 Å². The van der Waals surface area contributed by atoms with Crippen LogP contribution in [0.25, 0.3) is 11.3 Å². The Morgan fingerprint density at radius 3 is 2.59 bits per heavy atom. The Kier molecular flexibility index (Phi) is 8.79. The Hall–Kier alpha value is -2.61. The first kappa shape index (κ1) is 27.9. The van der Waals surface area contributed by atoms with E-state index in [0.717, 1.165) is 54.9 Å². The molecule has 5 nitrogen and oxygen atoms in total. The van der Waals surface area contributed by atoms with Crippen LogP contribution in [0.4, 0.5) is 8.78 Å². The summed E-state index contributed by atoms with van der Waals surface area (Å²) in [5, 5.41) is 8.46. The monoisotopic (exact) mass is 554 g/mol. The van der Waals surface area contributed by atoms with Gasteiger partial charge >= 0.3 is 0 Å². The highest BCUT2D eigenvalue weighted by molar-refractivity contribution is 6.33. The van der Waals surface area contributed by atoms with Crippen LogP contribution in [0.5, 0.6) is 0 Å². The zero-order valence-electron chi connectivity index (χ0n) is 22.7. The molecule has 208 valence electrons. The van der Waals surface area contributed by atoms with Crippen molar-refractivity contribution in [3.8, 4) is 11.3 Å². The van der Waals surface area contributed by atoms with E-state index in [0.29, 0.717) is 23.6 Å². The Balaban J connectivity index is 1.31. The van der Waals surface area contributed by atoms with Crippen molar-refractivity contribution in [2.24, 2.45) is 13.0 Å². The van der Waals surface area contributed by atoms with E-state index >= 15 is 0 Å². The van der Waals surface area contributed by atoms with Crippen LogP contribution in [0, 0.1) is 24.5 Å². The van der Waals surface area contributed by atoms with Crippen LogP contribution in [0.2, 0.25) is 5.02 Å². The average molecular weight is 555 g/mol. The second kappa shape index (κ2) is 12.3. The number of aromatic nitrogens is 2. The number of nitrogens with one attached hydrogen (secondary N) is 1. The highest BCUT2D eigenvalue weighted by atomic mass is 35.5. The van der Waals surface area contributed by atoms with Gasteiger partial charge in [-0.15, -0.1) is 0 Å². The highest BCUT2D eigenvalue weighted by Gasteiger charge is 2.33. The lowest BCUT2D eigenvalue weighted by molar-refractivity contribution is 0.0936. The zero-order valence-corrected chi connectivity index (χ0v) is 23.5. The topological polar surface area (TPSA) is 50.2 Å². The maximum atomic E-state index is 14.3. The van der Waals surface area contributed by atoms with Crippen LogP contribution in [0.15, 0.2) is 42.6 Å². The Labute approximate surface area is 234 Å². The van der Waals surface area contributed by atoms with Crippen LogP contribution >= 0.6 is 11.6 Å². The maximum absolute atomic E-state index is 14.3. The number of hydrogen-bond acceptors (Lipinski definition) is 4. The van der Waals surface area contributed by atoms with E-state index in [-0.39, 0.29) is 23.7 Å². The van der Waals surface area contributed by atoms with E-state index in [2.05, 4.69) is 15.3 Å². The van der Waals surface area contributed by atoms with E-state index in [4.69, 9.17) is 11.6 Å². The molecule has 2 aromatic carbocycles. The van der Waals surface area contributed by atoms with E-state index in [1.165, 1.54) is 31.4 Å². The molecule has 0 spiro atoms. The quantitative estimate of drug-likeness (QED) is 0.321. The minimum Gasteiger partial charge on any atom is -0.314 e. The number of piperidine rings is 2. The number of ketones is 1. The molecule has 1 N–H and O–H groups in total. The van der Waals surface area contributed by atoms with E-state index in [9.17, 15) is 13.6 Å². The third-order valence-corrected chi connectivity index (χ3v) is 8.81. The lowest BCUT2D eigenvalue weighted by Gasteiger charge is -2.38. The molecule has 1 aromatic heterocycles. The first-order chi connectivity index (χ1) is 18.8. The van der Waals surface area contributed by atoms with Gasteiger partial charge in [0.1, 0.15) is 0 Å². The summed E-state index contributed by atoms with van der Waals surface area (Å²) in [6, 6.07) is 10.2. The zero-order chi connectivity index (χ0) is 27.5. The predicted octanol–water partition coefficient (Wildman–Crippen LogP) is 6.54. The second-order valence-corrected chi connectivity index (χ2v) is 11.6. The van der Waals surface area contributed by atoms with E-state index in [1.807, 2.05) is 32.2 Å². The Bertz CT molecular complexity index is 1300. The first-order valence-corrected chi connectivity index (χ1v) is 14.4. The largest absolute Gasteiger partial charge is 0.314 e. The summed E-state index contributed by atoms with van der Waals surface area (Å²) in [4.78, 5) is 16.0. The van der Waals surface area contributed by atoms with Gasteiger partial charge in [-0.2, -0.15) is 5.10 Å². The van der Waals surface area contributed by atoms with Gasteiger partial charge in [-0.1, -0.05) is 36.2 Å². The van der Waals surface area contributed by atoms with Gasteiger partial charge in [0, 0.05) is 30.6 Å². The summed E-state index contributed by atoms with van der Waals surface area (Å²) < 4.78 is 29.7. The van der Waals surface area contributed by atoms with Crippen LogP contribution < -0.4 is 5.32 Å². The number of likely N-dealkylation sites (tertiary alicyclic amines) is 1. The summed E-state index contributed by atoms with van der Waals surface area (Å²) >= 11 is 6.35. The van der Waals surface area contributed by atoms with Crippen molar-refractivity contribution in [1.82, 2.24) is 20.0 Å². The van der Waals surface area contributed by atoms with Gasteiger partial charge in [0.15, 0.2) is 17.4 Å².